The van der Waals surface area contributed by atoms with E-state index < -0.39 is 9.05 Å². The minimum atomic E-state index is -3.70. The molecular formula is C14H13ClO4S. The monoisotopic (exact) mass is 312 g/mol. The number of benzene rings is 2. The van der Waals surface area contributed by atoms with E-state index in [1.54, 1.807) is 19.2 Å². The minimum Gasteiger partial charge on any atom is -0.496 e. The van der Waals surface area contributed by atoms with Crippen LogP contribution in [0.15, 0.2) is 53.4 Å². The average Bonchev–Trinajstić information content (AvgIpc) is 2.45. The molecule has 0 aliphatic carbocycles. The van der Waals surface area contributed by atoms with Gasteiger partial charge in [-0.1, -0.05) is 18.2 Å². The van der Waals surface area contributed by atoms with Gasteiger partial charge in [-0.25, -0.2) is 8.42 Å². The molecule has 0 saturated heterocycles. The van der Waals surface area contributed by atoms with Crippen LogP contribution in [0.1, 0.15) is 5.56 Å². The van der Waals surface area contributed by atoms with Crippen molar-refractivity contribution in [3.63, 3.8) is 0 Å². The molecule has 106 valence electrons. The molecule has 0 aliphatic rings. The van der Waals surface area contributed by atoms with Crippen LogP contribution in [0.4, 0.5) is 0 Å². The van der Waals surface area contributed by atoms with E-state index in [0.717, 1.165) is 11.3 Å². The molecule has 20 heavy (non-hydrogen) atoms. The van der Waals surface area contributed by atoms with Gasteiger partial charge >= 0.3 is 0 Å². The lowest BCUT2D eigenvalue weighted by Gasteiger charge is -2.10. The van der Waals surface area contributed by atoms with E-state index >= 15 is 0 Å². The molecule has 6 heteroatoms. The molecule has 0 N–H and O–H groups in total. The Morgan fingerprint density at radius 1 is 1.05 bits per heavy atom. The molecule has 4 nitrogen and oxygen atoms in total. The fourth-order valence-electron chi connectivity index (χ4n) is 1.68. The highest BCUT2D eigenvalue weighted by Crippen LogP contribution is 2.22. The minimum absolute atomic E-state index is 0.0452. The highest BCUT2D eigenvalue weighted by molar-refractivity contribution is 8.13. The van der Waals surface area contributed by atoms with Gasteiger partial charge in [0.05, 0.1) is 12.0 Å². The number of halogens is 1. The summed E-state index contributed by atoms with van der Waals surface area (Å²) in [7, 11) is 3.13. The SMILES string of the molecule is COc1ccccc1COc1ccc(S(=O)(=O)Cl)cc1. The summed E-state index contributed by atoms with van der Waals surface area (Å²) in [4.78, 5) is 0.0452. The predicted octanol–water partition coefficient (Wildman–Crippen LogP) is 3.20. The number of hydrogen-bond donors (Lipinski definition) is 0. The average molecular weight is 313 g/mol. The number of rotatable bonds is 5. The number of hydrogen-bond acceptors (Lipinski definition) is 4. The number of methoxy groups -OCH3 is 1. The summed E-state index contributed by atoms with van der Waals surface area (Å²) >= 11 is 0. The molecule has 0 radical (unpaired) electrons. The molecule has 0 aliphatic heterocycles. The van der Waals surface area contributed by atoms with Crippen LogP contribution in [-0.2, 0) is 15.7 Å². The molecule has 0 heterocycles. The summed E-state index contributed by atoms with van der Waals surface area (Å²) in [5, 5.41) is 0. The molecule has 2 aromatic carbocycles. The Morgan fingerprint density at radius 2 is 1.70 bits per heavy atom. The zero-order chi connectivity index (χ0) is 14.6. The molecule has 0 bridgehead atoms. The standard InChI is InChI=1S/C14H13ClO4S/c1-18-14-5-3-2-4-11(14)10-19-12-6-8-13(9-7-12)20(15,16)17/h2-9H,10H2,1H3. The quantitative estimate of drug-likeness (QED) is 0.796. The van der Waals surface area contributed by atoms with E-state index in [0.29, 0.717) is 12.4 Å². The van der Waals surface area contributed by atoms with Crippen molar-refractivity contribution >= 4 is 19.7 Å². The Bertz CT molecular complexity index is 681. The molecule has 0 saturated carbocycles. The zero-order valence-electron chi connectivity index (χ0n) is 10.7. The molecule has 2 aromatic rings. The van der Waals surface area contributed by atoms with E-state index in [4.69, 9.17) is 20.2 Å². The van der Waals surface area contributed by atoms with Gasteiger partial charge in [0.2, 0.25) is 0 Å². The summed E-state index contributed by atoms with van der Waals surface area (Å²) < 4.78 is 33.0. The maximum absolute atomic E-state index is 11.1. The normalized spacial score (nSPS) is 11.1. The van der Waals surface area contributed by atoms with Gasteiger partial charge in [0.1, 0.15) is 18.1 Å². The number of para-hydroxylation sites is 1. The second-order valence-electron chi connectivity index (χ2n) is 4.01. The molecular weight excluding hydrogens is 300 g/mol. The summed E-state index contributed by atoms with van der Waals surface area (Å²) in [6.07, 6.45) is 0. The Labute approximate surface area is 122 Å². The van der Waals surface area contributed by atoms with Gasteiger partial charge in [0.15, 0.2) is 0 Å². The fraction of sp³-hybridized carbons (Fsp3) is 0.143. The molecule has 0 aromatic heterocycles. The Morgan fingerprint density at radius 3 is 2.30 bits per heavy atom. The number of ether oxygens (including phenoxy) is 2. The maximum atomic E-state index is 11.1. The molecule has 0 fully saturated rings. The van der Waals surface area contributed by atoms with Crippen molar-refractivity contribution in [1.29, 1.82) is 0 Å². The van der Waals surface area contributed by atoms with Gasteiger partial charge in [-0.2, -0.15) is 0 Å². The lowest BCUT2D eigenvalue weighted by molar-refractivity contribution is 0.296. The summed E-state index contributed by atoms with van der Waals surface area (Å²) in [5.74, 6) is 1.30. The first-order valence-corrected chi connectivity index (χ1v) is 8.11. The molecule has 0 unspecified atom stereocenters. The summed E-state index contributed by atoms with van der Waals surface area (Å²) in [6.45, 7) is 0.330. The van der Waals surface area contributed by atoms with Crippen molar-refractivity contribution in [2.24, 2.45) is 0 Å². The summed E-state index contributed by atoms with van der Waals surface area (Å²) in [6, 6.07) is 13.4. The second kappa shape index (κ2) is 6.15. The largest absolute Gasteiger partial charge is 0.496 e. The summed E-state index contributed by atoms with van der Waals surface area (Å²) in [5.41, 5.74) is 0.907. The van der Waals surface area contributed by atoms with E-state index in [2.05, 4.69) is 0 Å². The molecule has 0 amide bonds. The van der Waals surface area contributed by atoms with Crippen molar-refractivity contribution in [2.45, 2.75) is 11.5 Å². The highest BCUT2D eigenvalue weighted by atomic mass is 35.7. The van der Waals surface area contributed by atoms with E-state index in [1.807, 2.05) is 24.3 Å². The van der Waals surface area contributed by atoms with Crippen LogP contribution in [-0.4, -0.2) is 15.5 Å². The van der Waals surface area contributed by atoms with Gasteiger partial charge in [-0.3, -0.25) is 0 Å². The maximum Gasteiger partial charge on any atom is 0.261 e. The van der Waals surface area contributed by atoms with Crippen molar-refractivity contribution in [1.82, 2.24) is 0 Å². The van der Waals surface area contributed by atoms with Crippen molar-refractivity contribution < 1.29 is 17.9 Å². The Hall–Kier alpha value is -1.72. The van der Waals surface area contributed by atoms with E-state index in [9.17, 15) is 8.42 Å². The third-order valence-electron chi connectivity index (χ3n) is 2.69. The lowest BCUT2D eigenvalue weighted by atomic mass is 10.2. The van der Waals surface area contributed by atoms with Gasteiger partial charge in [-0.05, 0) is 30.3 Å². The smallest absolute Gasteiger partial charge is 0.261 e. The van der Waals surface area contributed by atoms with Gasteiger partial charge in [0, 0.05) is 16.2 Å². The van der Waals surface area contributed by atoms with Crippen LogP contribution in [0.2, 0.25) is 0 Å². The third kappa shape index (κ3) is 3.65. The van der Waals surface area contributed by atoms with Crippen LogP contribution < -0.4 is 9.47 Å². The van der Waals surface area contributed by atoms with Gasteiger partial charge in [0.25, 0.3) is 9.05 Å². The third-order valence-corrected chi connectivity index (χ3v) is 4.06. The van der Waals surface area contributed by atoms with Crippen molar-refractivity contribution in [2.75, 3.05) is 7.11 Å². The Kier molecular flexibility index (Phi) is 4.52. The first-order valence-electron chi connectivity index (χ1n) is 5.80. The Balaban J connectivity index is 2.08. The molecule has 0 atom stereocenters. The van der Waals surface area contributed by atoms with Crippen molar-refractivity contribution in [3.8, 4) is 11.5 Å². The van der Waals surface area contributed by atoms with Gasteiger partial charge < -0.3 is 9.47 Å². The predicted molar refractivity (Wildman–Crippen MR) is 76.8 cm³/mol. The zero-order valence-corrected chi connectivity index (χ0v) is 12.3. The van der Waals surface area contributed by atoms with Crippen LogP contribution in [0.25, 0.3) is 0 Å². The molecule has 0 spiro atoms. The first-order chi connectivity index (χ1) is 9.50. The topological polar surface area (TPSA) is 52.6 Å². The van der Waals surface area contributed by atoms with Crippen LogP contribution in [0.5, 0.6) is 11.5 Å². The van der Waals surface area contributed by atoms with Crippen LogP contribution in [0, 0.1) is 0 Å². The van der Waals surface area contributed by atoms with Crippen LogP contribution in [0.3, 0.4) is 0 Å². The van der Waals surface area contributed by atoms with E-state index in [-0.39, 0.29) is 4.90 Å². The second-order valence-corrected chi connectivity index (χ2v) is 6.58. The van der Waals surface area contributed by atoms with Crippen LogP contribution >= 0.6 is 10.7 Å². The van der Waals surface area contributed by atoms with Gasteiger partial charge in [-0.15, -0.1) is 0 Å². The molecule has 2 rings (SSSR count). The fourth-order valence-corrected chi connectivity index (χ4v) is 2.45. The van der Waals surface area contributed by atoms with E-state index in [1.165, 1.54) is 12.1 Å². The highest BCUT2D eigenvalue weighted by Gasteiger charge is 2.09. The van der Waals surface area contributed by atoms with Crippen molar-refractivity contribution in [3.05, 3.63) is 54.1 Å². The lowest BCUT2D eigenvalue weighted by Crippen LogP contribution is -1.98. The first kappa shape index (κ1) is 14.7.